The van der Waals surface area contributed by atoms with Gasteiger partial charge in [0.15, 0.2) is 0 Å². The van der Waals surface area contributed by atoms with Gasteiger partial charge in [-0.05, 0) is 49.9 Å². The summed E-state index contributed by atoms with van der Waals surface area (Å²) < 4.78 is 1.75. The lowest BCUT2D eigenvalue weighted by atomic mass is 10.1. The van der Waals surface area contributed by atoms with Crippen LogP contribution in [0, 0.1) is 6.92 Å². The van der Waals surface area contributed by atoms with Crippen LogP contribution in [0.2, 0.25) is 5.02 Å². The van der Waals surface area contributed by atoms with Crippen LogP contribution in [0.25, 0.3) is 10.2 Å². The third-order valence-corrected chi connectivity index (χ3v) is 7.05. The van der Waals surface area contributed by atoms with Crippen LogP contribution in [0.1, 0.15) is 64.0 Å². The smallest absolute Gasteiger partial charge is 0.266 e. The van der Waals surface area contributed by atoms with Crippen LogP contribution >= 0.6 is 22.9 Å². The van der Waals surface area contributed by atoms with Crippen molar-refractivity contribution in [1.82, 2.24) is 14.9 Å². The minimum Gasteiger partial charge on any atom is -0.352 e. The Hall–Kier alpha value is -2.71. The molecule has 168 valence electrons. The molecule has 2 aromatic heterocycles. The molecule has 1 aliphatic rings. The lowest BCUT2D eigenvalue weighted by molar-refractivity contribution is 0.0954. The molecule has 9 heteroatoms. The van der Waals surface area contributed by atoms with Crippen molar-refractivity contribution in [2.24, 2.45) is 0 Å². The van der Waals surface area contributed by atoms with Gasteiger partial charge in [0.2, 0.25) is 0 Å². The summed E-state index contributed by atoms with van der Waals surface area (Å²) in [6.45, 7) is 4.93. The second kappa shape index (κ2) is 9.42. The lowest BCUT2D eigenvalue weighted by Crippen LogP contribution is -2.26. The molecule has 1 aliphatic heterocycles. The topological polar surface area (TPSA) is 93.1 Å². The Labute approximate surface area is 194 Å². The number of nitrogens with one attached hydrogen (secondary N) is 2. The Kier molecular flexibility index (Phi) is 6.62. The summed E-state index contributed by atoms with van der Waals surface area (Å²) in [6, 6.07) is 4.75. The van der Waals surface area contributed by atoms with Crippen LogP contribution in [0.3, 0.4) is 0 Å². The number of benzene rings is 1. The highest BCUT2D eigenvalue weighted by Gasteiger charge is 2.23. The van der Waals surface area contributed by atoms with Crippen molar-refractivity contribution in [3.05, 3.63) is 55.4 Å². The minimum atomic E-state index is -0.392. The van der Waals surface area contributed by atoms with E-state index in [0.717, 1.165) is 37.9 Å². The molecule has 0 radical (unpaired) electrons. The summed E-state index contributed by atoms with van der Waals surface area (Å²) in [5, 5.41) is 6.53. The van der Waals surface area contributed by atoms with Crippen LogP contribution in [0.15, 0.2) is 23.0 Å². The Bertz CT molecular complexity index is 1260. The summed E-state index contributed by atoms with van der Waals surface area (Å²) in [7, 11) is 0. The van der Waals surface area contributed by atoms with E-state index in [0.29, 0.717) is 50.0 Å². The molecule has 0 saturated heterocycles. The number of anilines is 1. The number of nitrogens with zero attached hydrogens (tertiary/aromatic N) is 2. The van der Waals surface area contributed by atoms with Crippen LogP contribution in [-0.4, -0.2) is 27.9 Å². The SMILES string of the molecule is CCCNC(=O)c1ccc(Cl)cc1NC(=O)c1sc2nc3n(c(=O)c2c1C)CCCCC3. The van der Waals surface area contributed by atoms with E-state index in [1.54, 1.807) is 29.7 Å². The van der Waals surface area contributed by atoms with Gasteiger partial charge in [-0.25, -0.2) is 4.98 Å². The molecule has 0 unspecified atom stereocenters. The van der Waals surface area contributed by atoms with E-state index in [1.807, 2.05) is 6.92 Å². The second-order valence-corrected chi connectivity index (χ2v) is 9.37. The molecule has 2 N–H and O–H groups in total. The molecule has 32 heavy (non-hydrogen) atoms. The Morgan fingerprint density at radius 3 is 2.81 bits per heavy atom. The predicted molar refractivity (Wildman–Crippen MR) is 128 cm³/mol. The third kappa shape index (κ3) is 4.29. The zero-order chi connectivity index (χ0) is 22.8. The van der Waals surface area contributed by atoms with E-state index >= 15 is 0 Å². The van der Waals surface area contributed by atoms with E-state index < -0.39 is 5.91 Å². The summed E-state index contributed by atoms with van der Waals surface area (Å²) >= 11 is 7.33. The molecule has 0 saturated carbocycles. The summed E-state index contributed by atoms with van der Waals surface area (Å²) in [5.41, 5.74) is 1.19. The van der Waals surface area contributed by atoms with E-state index in [4.69, 9.17) is 16.6 Å². The molecule has 0 atom stereocenters. The van der Waals surface area contributed by atoms with Gasteiger partial charge in [0.25, 0.3) is 17.4 Å². The van der Waals surface area contributed by atoms with Gasteiger partial charge in [-0.3, -0.25) is 19.0 Å². The predicted octanol–water partition coefficient (Wildman–Crippen LogP) is 4.54. The first-order valence-electron chi connectivity index (χ1n) is 10.8. The van der Waals surface area contributed by atoms with E-state index in [9.17, 15) is 14.4 Å². The van der Waals surface area contributed by atoms with Gasteiger partial charge in [-0.1, -0.05) is 24.9 Å². The van der Waals surface area contributed by atoms with Crippen molar-refractivity contribution in [2.45, 2.75) is 52.5 Å². The molecule has 0 fully saturated rings. The average molecular weight is 473 g/mol. The molecule has 3 aromatic rings. The zero-order valence-electron chi connectivity index (χ0n) is 18.1. The maximum Gasteiger partial charge on any atom is 0.266 e. The first-order valence-corrected chi connectivity index (χ1v) is 12.0. The molecule has 0 aliphatic carbocycles. The van der Waals surface area contributed by atoms with Gasteiger partial charge < -0.3 is 10.6 Å². The fraction of sp³-hybridized carbons (Fsp3) is 0.391. The number of halogens is 1. The number of hydrogen-bond donors (Lipinski definition) is 2. The van der Waals surface area contributed by atoms with Gasteiger partial charge in [0.1, 0.15) is 10.7 Å². The molecule has 3 heterocycles. The van der Waals surface area contributed by atoms with Crippen LogP contribution in [0.4, 0.5) is 5.69 Å². The number of aryl methyl sites for hydroxylation is 2. The highest BCUT2D eigenvalue weighted by atomic mass is 35.5. The maximum atomic E-state index is 13.2. The molecule has 4 rings (SSSR count). The number of hydrogen-bond acceptors (Lipinski definition) is 5. The first kappa shape index (κ1) is 22.5. The fourth-order valence-corrected chi connectivity index (χ4v) is 5.21. The largest absolute Gasteiger partial charge is 0.352 e. The number of aromatic nitrogens is 2. The first-order chi connectivity index (χ1) is 15.4. The zero-order valence-corrected chi connectivity index (χ0v) is 19.7. The van der Waals surface area contributed by atoms with E-state index in [2.05, 4.69) is 10.6 Å². The molecule has 0 spiro atoms. The number of carbonyl (C=O) groups is 2. The normalized spacial score (nSPS) is 13.5. The number of rotatable bonds is 5. The second-order valence-electron chi connectivity index (χ2n) is 7.93. The molecule has 0 bridgehead atoms. The van der Waals surface area contributed by atoms with Gasteiger partial charge >= 0.3 is 0 Å². The monoisotopic (exact) mass is 472 g/mol. The van der Waals surface area contributed by atoms with Gasteiger partial charge in [0.05, 0.1) is 21.5 Å². The molecular weight excluding hydrogens is 448 g/mol. The van der Waals surface area contributed by atoms with Gasteiger partial charge in [-0.2, -0.15) is 0 Å². The average Bonchev–Trinajstić information content (AvgIpc) is 2.93. The van der Waals surface area contributed by atoms with Gasteiger partial charge in [0, 0.05) is 24.5 Å². The summed E-state index contributed by atoms with van der Waals surface area (Å²) in [5.74, 6) is 0.116. The van der Waals surface area contributed by atoms with Crippen molar-refractivity contribution in [3.63, 3.8) is 0 Å². The van der Waals surface area contributed by atoms with Crippen molar-refractivity contribution < 1.29 is 9.59 Å². The highest BCUT2D eigenvalue weighted by Crippen LogP contribution is 2.30. The number of thiophene rings is 1. The van der Waals surface area contributed by atoms with E-state index in [1.165, 1.54) is 11.3 Å². The fourth-order valence-electron chi connectivity index (χ4n) is 3.96. The lowest BCUT2D eigenvalue weighted by Gasteiger charge is -2.11. The van der Waals surface area contributed by atoms with Gasteiger partial charge in [-0.15, -0.1) is 11.3 Å². The Morgan fingerprint density at radius 2 is 2.03 bits per heavy atom. The van der Waals surface area contributed by atoms with Crippen molar-refractivity contribution in [1.29, 1.82) is 0 Å². The van der Waals surface area contributed by atoms with Crippen LogP contribution in [-0.2, 0) is 13.0 Å². The maximum absolute atomic E-state index is 13.2. The van der Waals surface area contributed by atoms with Crippen molar-refractivity contribution >= 4 is 50.7 Å². The quantitative estimate of drug-likeness (QED) is 0.570. The molecule has 7 nitrogen and oxygen atoms in total. The van der Waals surface area contributed by atoms with Crippen molar-refractivity contribution in [3.8, 4) is 0 Å². The van der Waals surface area contributed by atoms with Crippen LogP contribution < -0.4 is 16.2 Å². The molecule has 1 aromatic carbocycles. The number of carbonyl (C=O) groups excluding carboxylic acids is 2. The third-order valence-electron chi connectivity index (χ3n) is 5.63. The number of amides is 2. The summed E-state index contributed by atoms with van der Waals surface area (Å²) in [4.78, 5) is 44.6. The summed E-state index contributed by atoms with van der Waals surface area (Å²) in [6.07, 6.45) is 4.61. The highest BCUT2D eigenvalue weighted by molar-refractivity contribution is 7.20. The van der Waals surface area contributed by atoms with Crippen LogP contribution in [0.5, 0.6) is 0 Å². The number of fused-ring (bicyclic) bond motifs is 2. The molecular formula is C23H25ClN4O3S. The Morgan fingerprint density at radius 1 is 1.22 bits per heavy atom. The van der Waals surface area contributed by atoms with Crippen molar-refractivity contribution in [2.75, 3.05) is 11.9 Å². The minimum absolute atomic E-state index is 0.0814. The Balaban J connectivity index is 1.70. The van der Waals surface area contributed by atoms with E-state index in [-0.39, 0.29) is 11.5 Å². The standard InChI is InChI=1S/C23H25ClN4O3S/c1-3-10-25-20(29)15-9-8-14(24)12-16(15)26-21(30)19-13(2)18-22(32-19)27-17-7-5-4-6-11-28(17)23(18)31/h8-9,12H,3-7,10-11H2,1-2H3,(H,25,29)(H,26,30). The molecule has 2 amide bonds.